The van der Waals surface area contributed by atoms with Gasteiger partial charge in [-0.25, -0.2) is 0 Å². The Kier molecular flexibility index (Phi) is 3.12. The predicted molar refractivity (Wildman–Crippen MR) is 57.3 cm³/mol. The first-order valence-electron chi connectivity index (χ1n) is 5.29. The largest absolute Gasteiger partial charge is 0.481 e. The molecule has 0 aliphatic carbocycles. The molecular formula is C10H14O5S. The molecule has 0 amide bonds. The Balaban J connectivity index is 2.18. The summed E-state index contributed by atoms with van der Waals surface area (Å²) in [7, 11) is 0. The molecule has 0 saturated carbocycles. The van der Waals surface area contributed by atoms with E-state index in [1.807, 2.05) is 0 Å². The minimum absolute atomic E-state index is 0.100. The molecule has 2 saturated heterocycles. The van der Waals surface area contributed by atoms with Gasteiger partial charge in [0.25, 0.3) is 0 Å². The molecule has 5 atom stereocenters. The average Bonchev–Trinajstić information content (AvgIpc) is 2.73. The van der Waals surface area contributed by atoms with Crippen LogP contribution < -0.4 is 0 Å². The van der Waals surface area contributed by atoms with Crippen LogP contribution in [0.1, 0.15) is 13.3 Å². The van der Waals surface area contributed by atoms with E-state index in [1.165, 1.54) is 0 Å². The Morgan fingerprint density at radius 1 is 1.50 bits per heavy atom. The van der Waals surface area contributed by atoms with Crippen LogP contribution in [-0.4, -0.2) is 41.1 Å². The highest BCUT2D eigenvalue weighted by atomic mass is 32.1. The molecule has 2 heterocycles. The summed E-state index contributed by atoms with van der Waals surface area (Å²) < 4.78 is 10.4. The van der Waals surface area contributed by atoms with E-state index in [9.17, 15) is 9.59 Å². The van der Waals surface area contributed by atoms with Crippen molar-refractivity contribution in [1.82, 2.24) is 0 Å². The highest BCUT2D eigenvalue weighted by Crippen LogP contribution is 2.46. The minimum atomic E-state index is -1.01. The van der Waals surface area contributed by atoms with Gasteiger partial charge >= 0.3 is 11.9 Å². The van der Waals surface area contributed by atoms with Crippen molar-refractivity contribution in [2.24, 2.45) is 11.8 Å². The second-order valence-electron chi connectivity index (χ2n) is 4.08. The van der Waals surface area contributed by atoms with Crippen molar-refractivity contribution in [2.75, 3.05) is 6.61 Å². The lowest BCUT2D eigenvalue weighted by atomic mass is 9.79. The second-order valence-corrected chi connectivity index (χ2v) is 4.75. The quantitative estimate of drug-likeness (QED) is 0.555. The number of hydrogen-bond donors (Lipinski definition) is 2. The van der Waals surface area contributed by atoms with Crippen molar-refractivity contribution in [3.05, 3.63) is 0 Å². The topological polar surface area (TPSA) is 72.8 Å². The Morgan fingerprint density at radius 3 is 2.75 bits per heavy atom. The summed E-state index contributed by atoms with van der Waals surface area (Å²) in [6.45, 7) is 1.95. The van der Waals surface area contributed by atoms with E-state index in [1.54, 1.807) is 6.92 Å². The van der Waals surface area contributed by atoms with Crippen LogP contribution in [0.25, 0.3) is 0 Å². The van der Waals surface area contributed by atoms with Crippen molar-refractivity contribution in [2.45, 2.75) is 30.8 Å². The molecule has 2 rings (SSSR count). The molecule has 2 fully saturated rings. The number of thiol groups is 1. The smallest absolute Gasteiger partial charge is 0.312 e. The zero-order valence-corrected chi connectivity index (χ0v) is 9.72. The minimum Gasteiger partial charge on any atom is -0.481 e. The lowest BCUT2D eigenvalue weighted by molar-refractivity contribution is -0.157. The Hall–Kier alpha value is -0.750. The maximum Gasteiger partial charge on any atom is 0.312 e. The molecule has 2 bridgehead atoms. The molecule has 1 N–H and O–H groups in total. The van der Waals surface area contributed by atoms with Crippen LogP contribution in [-0.2, 0) is 19.1 Å². The number of carbonyl (C=O) groups excluding carboxylic acids is 1. The van der Waals surface area contributed by atoms with E-state index in [4.69, 9.17) is 14.6 Å². The van der Waals surface area contributed by atoms with Gasteiger partial charge in [-0.1, -0.05) is 0 Å². The van der Waals surface area contributed by atoms with Crippen LogP contribution in [0, 0.1) is 11.8 Å². The number of carboxylic acids is 1. The molecule has 0 aromatic rings. The molecule has 6 heteroatoms. The molecule has 2 aliphatic heterocycles. The highest BCUT2D eigenvalue weighted by Gasteiger charge is 2.59. The van der Waals surface area contributed by atoms with E-state index in [2.05, 4.69) is 12.6 Å². The van der Waals surface area contributed by atoms with Gasteiger partial charge < -0.3 is 14.6 Å². The van der Waals surface area contributed by atoms with Gasteiger partial charge in [0.1, 0.15) is 0 Å². The van der Waals surface area contributed by atoms with Gasteiger partial charge in [0.15, 0.2) is 0 Å². The molecule has 0 aromatic carbocycles. The fourth-order valence-corrected chi connectivity index (χ4v) is 3.01. The van der Waals surface area contributed by atoms with Gasteiger partial charge in [-0.3, -0.25) is 9.59 Å². The monoisotopic (exact) mass is 246 g/mol. The molecule has 90 valence electrons. The summed E-state index contributed by atoms with van der Waals surface area (Å²) >= 11 is 4.27. The first-order valence-corrected chi connectivity index (χ1v) is 5.80. The zero-order valence-electron chi connectivity index (χ0n) is 8.83. The van der Waals surface area contributed by atoms with Crippen molar-refractivity contribution in [1.29, 1.82) is 0 Å². The SMILES string of the molecule is CCOC(=O)C1C2CC(S)C(O2)C1C(=O)O. The first-order chi connectivity index (χ1) is 7.56. The summed E-state index contributed by atoms with van der Waals surface area (Å²) in [6, 6.07) is 0. The molecule has 2 aliphatic rings. The third kappa shape index (κ3) is 1.69. The fourth-order valence-electron chi connectivity index (χ4n) is 2.54. The standard InChI is InChI=1S/C10H14O5S/c1-2-14-10(13)6-4-3-5(16)8(15-4)7(6)9(11)12/h4-8,16H,2-3H2,1H3,(H,11,12). The third-order valence-corrected chi connectivity index (χ3v) is 3.67. The number of fused-ring (bicyclic) bond motifs is 2. The first kappa shape index (κ1) is 11.7. The van der Waals surface area contributed by atoms with E-state index in [-0.39, 0.29) is 18.0 Å². The van der Waals surface area contributed by atoms with Crippen LogP contribution in [0.5, 0.6) is 0 Å². The maximum atomic E-state index is 11.7. The number of esters is 1. The molecule has 0 spiro atoms. The fraction of sp³-hybridized carbons (Fsp3) is 0.800. The third-order valence-electron chi connectivity index (χ3n) is 3.17. The summed E-state index contributed by atoms with van der Waals surface area (Å²) in [5.41, 5.74) is 0. The van der Waals surface area contributed by atoms with Gasteiger partial charge in [-0.15, -0.1) is 0 Å². The molecule has 5 nitrogen and oxygen atoms in total. The van der Waals surface area contributed by atoms with E-state index < -0.39 is 29.9 Å². The van der Waals surface area contributed by atoms with Gasteiger partial charge in [0.05, 0.1) is 30.7 Å². The predicted octanol–water partition coefficient (Wildman–Crippen LogP) is 0.336. The number of carboxylic acid groups (broad SMARTS) is 1. The lowest BCUT2D eigenvalue weighted by Crippen LogP contribution is -2.43. The Labute approximate surface area is 98.5 Å². The number of ether oxygens (including phenoxy) is 2. The van der Waals surface area contributed by atoms with Crippen LogP contribution in [0.2, 0.25) is 0 Å². The maximum absolute atomic E-state index is 11.7. The van der Waals surface area contributed by atoms with Crippen molar-refractivity contribution in [3.8, 4) is 0 Å². The van der Waals surface area contributed by atoms with Gasteiger partial charge in [0.2, 0.25) is 0 Å². The van der Waals surface area contributed by atoms with Crippen molar-refractivity contribution in [3.63, 3.8) is 0 Å². The molecule has 16 heavy (non-hydrogen) atoms. The van der Waals surface area contributed by atoms with E-state index in [0.29, 0.717) is 6.42 Å². The number of carbonyl (C=O) groups is 2. The summed E-state index contributed by atoms with van der Waals surface area (Å²) in [6.07, 6.45) is -0.214. The average molecular weight is 246 g/mol. The van der Waals surface area contributed by atoms with Gasteiger partial charge in [-0.2, -0.15) is 12.6 Å². The number of rotatable bonds is 3. The number of aliphatic carboxylic acids is 1. The summed E-state index contributed by atoms with van der Waals surface area (Å²) in [5.74, 6) is -2.97. The van der Waals surface area contributed by atoms with Crippen LogP contribution in [0.15, 0.2) is 0 Å². The summed E-state index contributed by atoms with van der Waals surface area (Å²) in [4.78, 5) is 22.8. The highest BCUT2D eigenvalue weighted by molar-refractivity contribution is 7.81. The van der Waals surface area contributed by atoms with E-state index >= 15 is 0 Å². The van der Waals surface area contributed by atoms with Crippen LogP contribution >= 0.6 is 12.6 Å². The van der Waals surface area contributed by atoms with Crippen molar-refractivity contribution < 1.29 is 24.2 Å². The van der Waals surface area contributed by atoms with Gasteiger partial charge in [0, 0.05) is 5.25 Å². The lowest BCUT2D eigenvalue weighted by Gasteiger charge is -2.26. The van der Waals surface area contributed by atoms with Gasteiger partial charge in [-0.05, 0) is 13.3 Å². The Morgan fingerprint density at radius 2 is 2.19 bits per heavy atom. The molecule has 0 radical (unpaired) electrons. The zero-order chi connectivity index (χ0) is 11.9. The molecule has 0 aromatic heterocycles. The molecule has 5 unspecified atom stereocenters. The number of hydrogen-bond acceptors (Lipinski definition) is 5. The normalized spacial score (nSPS) is 41.0. The second kappa shape index (κ2) is 4.25. The van der Waals surface area contributed by atoms with Crippen molar-refractivity contribution >= 4 is 24.6 Å². The molecular weight excluding hydrogens is 232 g/mol. The summed E-state index contributed by atoms with van der Waals surface area (Å²) in [5, 5.41) is 9.02. The van der Waals surface area contributed by atoms with Crippen LogP contribution in [0.3, 0.4) is 0 Å². The van der Waals surface area contributed by atoms with Crippen LogP contribution in [0.4, 0.5) is 0 Å². The van der Waals surface area contributed by atoms with E-state index in [0.717, 1.165) is 0 Å². The Bertz CT molecular complexity index is 318.